The minimum absolute atomic E-state index is 0.306. The molecule has 0 aromatic rings. The molecule has 0 aromatic heterocycles. The third kappa shape index (κ3) is 4.39. The number of rotatable bonds is 0. The highest BCUT2D eigenvalue weighted by Crippen LogP contribution is 2.29. The van der Waals surface area contributed by atoms with Gasteiger partial charge in [-0.25, -0.2) is 9.59 Å². The van der Waals surface area contributed by atoms with Crippen LogP contribution in [0.25, 0.3) is 0 Å². The van der Waals surface area contributed by atoms with Gasteiger partial charge in [-0.05, 0) is 25.7 Å². The molecule has 0 bridgehead atoms. The Labute approximate surface area is 129 Å². The van der Waals surface area contributed by atoms with Gasteiger partial charge in [-0.1, -0.05) is 0 Å². The summed E-state index contributed by atoms with van der Waals surface area (Å²) in [5.74, 6) is -3.65. The molecule has 0 aliphatic carbocycles. The molecule has 0 aromatic carbocycles. The maximum atomic E-state index is 9.10. The minimum atomic E-state index is -1.82. The molecule has 0 atom stereocenters. The predicted octanol–water partition coefficient (Wildman–Crippen LogP) is -0.567. The lowest BCUT2D eigenvalue weighted by Crippen LogP contribution is -2.58. The van der Waals surface area contributed by atoms with E-state index in [4.69, 9.17) is 29.3 Å². The molecule has 0 amide bonds. The normalized spacial score (nSPS) is 26.0. The van der Waals surface area contributed by atoms with Gasteiger partial charge in [0.2, 0.25) is 0 Å². The Hall–Kier alpha value is -1.22. The summed E-state index contributed by atoms with van der Waals surface area (Å²) in [4.78, 5) is 18.2. The summed E-state index contributed by atoms with van der Waals surface area (Å²) in [6.45, 7) is 6.34. The van der Waals surface area contributed by atoms with Crippen molar-refractivity contribution in [1.82, 2.24) is 10.6 Å². The first-order valence-electron chi connectivity index (χ1n) is 7.63. The van der Waals surface area contributed by atoms with Crippen molar-refractivity contribution in [3.63, 3.8) is 0 Å². The first kappa shape index (κ1) is 17.1. The molecule has 8 nitrogen and oxygen atoms in total. The lowest BCUT2D eigenvalue weighted by atomic mass is 9.94. The van der Waals surface area contributed by atoms with Gasteiger partial charge in [0.25, 0.3) is 0 Å². The van der Waals surface area contributed by atoms with Crippen molar-refractivity contribution in [2.24, 2.45) is 0 Å². The van der Waals surface area contributed by atoms with Crippen molar-refractivity contribution in [2.45, 2.75) is 36.9 Å². The molecular formula is C14H24N2O6. The number of hydrogen-bond donors (Lipinski definition) is 4. The molecule has 0 radical (unpaired) electrons. The van der Waals surface area contributed by atoms with Crippen molar-refractivity contribution in [2.75, 3.05) is 39.4 Å². The number of carbonyl (C=O) groups is 2. The molecule has 4 saturated heterocycles. The summed E-state index contributed by atoms with van der Waals surface area (Å²) < 4.78 is 11.0. The van der Waals surface area contributed by atoms with E-state index >= 15 is 0 Å². The smallest absolute Gasteiger partial charge is 0.414 e. The molecule has 2 spiro atoms. The monoisotopic (exact) mass is 316 g/mol. The van der Waals surface area contributed by atoms with Crippen molar-refractivity contribution in [3.8, 4) is 0 Å². The number of carboxylic acids is 2. The Kier molecular flexibility index (Phi) is 5.74. The Bertz CT molecular complexity index is 352. The van der Waals surface area contributed by atoms with E-state index in [1.165, 1.54) is 25.7 Å². The highest BCUT2D eigenvalue weighted by atomic mass is 16.5. The van der Waals surface area contributed by atoms with Crippen LogP contribution in [-0.4, -0.2) is 72.7 Å². The van der Waals surface area contributed by atoms with Crippen LogP contribution in [0, 0.1) is 0 Å². The molecule has 4 heterocycles. The van der Waals surface area contributed by atoms with Crippen LogP contribution in [0.15, 0.2) is 0 Å². The van der Waals surface area contributed by atoms with E-state index in [0.29, 0.717) is 11.2 Å². The van der Waals surface area contributed by atoms with Crippen LogP contribution >= 0.6 is 0 Å². The average molecular weight is 316 g/mol. The van der Waals surface area contributed by atoms with Gasteiger partial charge in [0.05, 0.1) is 11.2 Å². The summed E-state index contributed by atoms with van der Waals surface area (Å²) in [7, 11) is 0. The lowest BCUT2D eigenvalue weighted by Gasteiger charge is -2.37. The molecular weight excluding hydrogens is 292 g/mol. The maximum Gasteiger partial charge on any atom is 0.414 e. The molecule has 4 fully saturated rings. The summed E-state index contributed by atoms with van der Waals surface area (Å²) in [6, 6.07) is 0. The van der Waals surface area contributed by atoms with Gasteiger partial charge >= 0.3 is 11.9 Å². The van der Waals surface area contributed by atoms with E-state index in [9.17, 15) is 0 Å². The fraction of sp³-hybridized carbons (Fsp3) is 0.857. The third-order valence-corrected chi connectivity index (χ3v) is 4.34. The molecule has 4 N–H and O–H groups in total. The Morgan fingerprint density at radius 1 is 0.773 bits per heavy atom. The van der Waals surface area contributed by atoms with Crippen LogP contribution in [0.3, 0.4) is 0 Å². The second kappa shape index (κ2) is 7.36. The van der Waals surface area contributed by atoms with Gasteiger partial charge in [0.15, 0.2) is 0 Å². The maximum absolute atomic E-state index is 9.10. The summed E-state index contributed by atoms with van der Waals surface area (Å²) >= 11 is 0. The van der Waals surface area contributed by atoms with E-state index < -0.39 is 11.9 Å². The minimum Gasteiger partial charge on any atom is -0.473 e. The van der Waals surface area contributed by atoms with E-state index in [2.05, 4.69) is 10.6 Å². The second-order valence-corrected chi connectivity index (χ2v) is 6.09. The summed E-state index contributed by atoms with van der Waals surface area (Å²) in [5, 5.41) is 21.2. The number of hydrogen-bond acceptors (Lipinski definition) is 6. The molecule has 22 heavy (non-hydrogen) atoms. The van der Waals surface area contributed by atoms with Crippen molar-refractivity contribution < 1.29 is 29.3 Å². The van der Waals surface area contributed by atoms with Crippen LogP contribution in [0.5, 0.6) is 0 Å². The molecule has 4 aliphatic heterocycles. The molecule has 0 saturated carbocycles. The molecule has 0 unspecified atom stereocenters. The molecule has 4 aliphatic rings. The second-order valence-electron chi connectivity index (χ2n) is 6.09. The van der Waals surface area contributed by atoms with Gasteiger partial charge in [0.1, 0.15) is 0 Å². The van der Waals surface area contributed by atoms with Gasteiger partial charge < -0.3 is 30.3 Å². The predicted molar refractivity (Wildman–Crippen MR) is 76.8 cm³/mol. The number of ether oxygens (including phenoxy) is 2. The zero-order valence-corrected chi connectivity index (χ0v) is 12.6. The van der Waals surface area contributed by atoms with Crippen molar-refractivity contribution >= 4 is 11.9 Å². The summed E-state index contributed by atoms with van der Waals surface area (Å²) in [5.41, 5.74) is 0.611. The Morgan fingerprint density at radius 2 is 1.14 bits per heavy atom. The quantitative estimate of drug-likeness (QED) is 0.439. The van der Waals surface area contributed by atoms with Crippen molar-refractivity contribution in [1.29, 1.82) is 0 Å². The van der Waals surface area contributed by atoms with Crippen LogP contribution in [0.4, 0.5) is 0 Å². The van der Waals surface area contributed by atoms with E-state index in [-0.39, 0.29) is 0 Å². The van der Waals surface area contributed by atoms with Crippen LogP contribution in [-0.2, 0) is 19.1 Å². The fourth-order valence-corrected chi connectivity index (χ4v) is 2.88. The highest BCUT2D eigenvalue weighted by Gasteiger charge is 2.41. The van der Waals surface area contributed by atoms with Gasteiger partial charge in [-0.15, -0.1) is 0 Å². The van der Waals surface area contributed by atoms with Crippen molar-refractivity contribution in [3.05, 3.63) is 0 Å². The first-order valence-corrected chi connectivity index (χ1v) is 7.63. The van der Waals surface area contributed by atoms with Crippen LogP contribution < -0.4 is 10.6 Å². The van der Waals surface area contributed by atoms with Gasteiger partial charge in [0, 0.05) is 39.4 Å². The Morgan fingerprint density at radius 3 is 1.23 bits per heavy atom. The van der Waals surface area contributed by atoms with Gasteiger partial charge in [-0.3, -0.25) is 0 Å². The van der Waals surface area contributed by atoms with Crippen LogP contribution in [0.2, 0.25) is 0 Å². The molecule has 8 heteroatoms. The number of nitrogens with one attached hydrogen (secondary N) is 2. The van der Waals surface area contributed by atoms with E-state index in [1.807, 2.05) is 0 Å². The standard InChI is InChI=1S/2C6H11NO.C2H2O4/c2*1-2-6(8-3-1)4-7-5-6;3-1(4)2(5)6/h2*7H,1-5H2;(H,3,4)(H,5,6). The number of carboxylic acid groups (broad SMARTS) is 2. The first-order chi connectivity index (χ1) is 10.5. The SMILES string of the molecule is C1COC2(C1)CNC2.C1COC2(C1)CNC2.O=C(O)C(=O)O. The van der Waals surface area contributed by atoms with E-state index in [1.54, 1.807) is 0 Å². The largest absolute Gasteiger partial charge is 0.473 e. The lowest BCUT2D eigenvalue weighted by molar-refractivity contribution is -0.159. The number of aliphatic carboxylic acids is 2. The average Bonchev–Trinajstić information content (AvgIpc) is 3.08. The Balaban J connectivity index is 0.000000123. The molecule has 126 valence electrons. The molecule has 4 rings (SSSR count). The summed E-state index contributed by atoms with van der Waals surface area (Å²) in [6.07, 6.45) is 5.09. The highest BCUT2D eigenvalue weighted by molar-refractivity contribution is 6.27. The third-order valence-electron chi connectivity index (χ3n) is 4.34. The fourth-order valence-electron chi connectivity index (χ4n) is 2.88. The zero-order chi connectivity index (χ0) is 16.1. The van der Waals surface area contributed by atoms with Crippen LogP contribution in [0.1, 0.15) is 25.7 Å². The topological polar surface area (TPSA) is 117 Å². The van der Waals surface area contributed by atoms with Gasteiger partial charge in [-0.2, -0.15) is 0 Å². The zero-order valence-electron chi connectivity index (χ0n) is 12.6. The van der Waals surface area contributed by atoms with E-state index in [0.717, 1.165) is 39.4 Å².